The third kappa shape index (κ3) is 6.41. The van der Waals surface area contributed by atoms with E-state index < -0.39 is 5.97 Å². The topological polar surface area (TPSA) is 66.4 Å². The zero-order valence-corrected chi connectivity index (χ0v) is 11.4. The summed E-state index contributed by atoms with van der Waals surface area (Å²) in [5, 5.41) is 11.3. The van der Waals surface area contributed by atoms with Crippen molar-refractivity contribution in [1.82, 2.24) is 0 Å². The second kappa shape index (κ2) is 6.18. The van der Waals surface area contributed by atoms with Gasteiger partial charge in [-0.15, -0.1) is 0 Å². The first-order valence-corrected chi connectivity index (χ1v) is 6.07. The Balaban J connectivity index is 2.62. The van der Waals surface area contributed by atoms with Crippen molar-refractivity contribution in [2.24, 2.45) is 5.41 Å². The van der Waals surface area contributed by atoms with Gasteiger partial charge in [0.25, 0.3) is 0 Å². The van der Waals surface area contributed by atoms with Crippen LogP contribution in [0.2, 0.25) is 0 Å². The number of amides is 1. The van der Waals surface area contributed by atoms with Crippen LogP contribution in [0.25, 0.3) is 6.08 Å². The summed E-state index contributed by atoms with van der Waals surface area (Å²) in [7, 11) is 0. The van der Waals surface area contributed by atoms with Crippen LogP contribution in [0.3, 0.4) is 0 Å². The number of anilines is 1. The minimum atomic E-state index is -0.984. The lowest BCUT2D eigenvalue weighted by Crippen LogP contribution is -2.19. The highest BCUT2D eigenvalue weighted by Gasteiger charge is 2.15. The van der Waals surface area contributed by atoms with Gasteiger partial charge in [-0.1, -0.05) is 32.9 Å². The van der Waals surface area contributed by atoms with E-state index in [0.717, 1.165) is 11.6 Å². The first kappa shape index (κ1) is 15.0. The fourth-order valence-corrected chi connectivity index (χ4v) is 1.53. The van der Waals surface area contributed by atoms with Crippen LogP contribution in [-0.2, 0) is 9.59 Å². The second-order valence-corrected chi connectivity index (χ2v) is 5.58. The SMILES string of the molecule is CC(C)(C)CC(=O)Nc1ccc(/C=C/C(=O)O)cc1. The minimum Gasteiger partial charge on any atom is -0.478 e. The third-order valence-corrected chi connectivity index (χ3v) is 2.30. The largest absolute Gasteiger partial charge is 0.478 e. The first-order valence-electron chi connectivity index (χ1n) is 6.07. The Bertz CT molecular complexity index is 481. The van der Waals surface area contributed by atoms with E-state index in [-0.39, 0.29) is 11.3 Å². The molecule has 1 aromatic rings. The fourth-order valence-electron chi connectivity index (χ4n) is 1.53. The molecule has 1 aromatic carbocycles. The Labute approximate surface area is 113 Å². The van der Waals surface area contributed by atoms with Crippen molar-refractivity contribution in [2.75, 3.05) is 5.32 Å². The first-order chi connectivity index (χ1) is 8.76. The summed E-state index contributed by atoms with van der Waals surface area (Å²) < 4.78 is 0. The smallest absolute Gasteiger partial charge is 0.328 e. The number of nitrogens with one attached hydrogen (secondary N) is 1. The lowest BCUT2D eigenvalue weighted by Gasteiger charge is -2.17. The van der Waals surface area contributed by atoms with E-state index in [1.807, 2.05) is 20.8 Å². The number of hydrogen-bond donors (Lipinski definition) is 2. The van der Waals surface area contributed by atoms with Crippen LogP contribution < -0.4 is 5.32 Å². The quantitative estimate of drug-likeness (QED) is 0.818. The molecule has 4 heteroatoms. The van der Waals surface area contributed by atoms with Crippen LogP contribution in [0.5, 0.6) is 0 Å². The minimum absolute atomic E-state index is 0.0265. The van der Waals surface area contributed by atoms with Gasteiger partial charge < -0.3 is 10.4 Å². The van der Waals surface area contributed by atoms with E-state index in [4.69, 9.17) is 5.11 Å². The summed E-state index contributed by atoms with van der Waals surface area (Å²) in [6.45, 7) is 6.02. The van der Waals surface area contributed by atoms with Crippen molar-refractivity contribution in [2.45, 2.75) is 27.2 Å². The van der Waals surface area contributed by atoms with Crippen molar-refractivity contribution in [3.05, 3.63) is 35.9 Å². The Morgan fingerprint density at radius 2 is 1.79 bits per heavy atom. The zero-order valence-electron chi connectivity index (χ0n) is 11.4. The molecule has 1 amide bonds. The maximum atomic E-state index is 11.7. The van der Waals surface area contributed by atoms with E-state index in [0.29, 0.717) is 12.1 Å². The molecule has 0 atom stereocenters. The van der Waals surface area contributed by atoms with Crippen molar-refractivity contribution in [3.8, 4) is 0 Å². The molecule has 0 aliphatic rings. The van der Waals surface area contributed by atoms with E-state index in [2.05, 4.69) is 5.32 Å². The lowest BCUT2D eigenvalue weighted by molar-refractivity contribution is -0.131. The molecule has 0 fully saturated rings. The number of aliphatic carboxylic acids is 1. The Morgan fingerprint density at radius 1 is 1.21 bits per heavy atom. The average molecular weight is 261 g/mol. The number of carboxylic acid groups (broad SMARTS) is 1. The molecule has 0 aliphatic carbocycles. The van der Waals surface area contributed by atoms with E-state index in [1.165, 1.54) is 6.08 Å². The van der Waals surface area contributed by atoms with Crippen molar-refractivity contribution >= 4 is 23.6 Å². The molecule has 0 unspecified atom stereocenters. The molecule has 102 valence electrons. The number of carbonyl (C=O) groups excluding carboxylic acids is 1. The van der Waals surface area contributed by atoms with Crippen LogP contribution in [0.15, 0.2) is 30.3 Å². The molecule has 0 aromatic heterocycles. The third-order valence-electron chi connectivity index (χ3n) is 2.30. The Hall–Kier alpha value is -2.10. The average Bonchev–Trinajstić information content (AvgIpc) is 2.25. The van der Waals surface area contributed by atoms with Gasteiger partial charge in [-0.25, -0.2) is 4.79 Å². The van der Waals surface area contributed by atoms with Gasteiger partial charge in [-0.3, -0.25) is 4.79 Å². The second-order valence-electron chi connectivity index (χ2n) is 5.58. The zero-order chi connectivity index (χ0) is 14.5. The molecule has 0 saturated carbocycles. The van der Waals surface area contributed by atoms with Crippen molar-refractivity contribution < 1.29 is 14.7 Å². The van der Waals surface area contributed by atoms with Crippen LogP contribution in [-0.4, -0.2) is 17.0 Å². The normalized spacial score (nSPS) is 11.5. The number of carboxylic acids is 1. The van der Waals surface area contributed by atoms with Gasteiger partial charge in [0.2, 0.25) is 5.91 Å². The molecule has 0 aliphatic heterocycles. The number of carbonyl (C=O) groups is 2. The maximum Gasteiger partial charge on any atom is 0.328 e. The van der Waals surface area contributed by atoms with E-state index in [1.54, 1.807) is 24.3 Å². The molecule has 19 heavy (non-hydrogen) atoms. The number of benzene rings is 1. The molecule has 1 rings (SSSR count). The maximum absolute atomic E-state index is 11.7. The summed E-state index contributed by atoms with van der Waals surface area (Å²) >= 11 is 0. The predicted octanol–water partition coefficient (Wildman–Crippen LogP) is 3.16. The molecule has 0 bridgehead atoms. The van der Waals surface area contributed by atoms with Gasteiger partial charge >= 0.3 is 5.97 Å². The van der Waals surface area contributed by atoms with Crippen LogP contribution >= 0.6 is 0 Å². The molecule has 2 N–H and O–H groups in total. The molecule has 4 nitrogen and oxygen atoms in total. The van der Waals surface area contributed by atoms with Gasteiger partial charge in [-0.05, 0) is 29.2 Å². The lowest BCUT2D eigenvalue weighted by atomic mass is 9.92. The summed E-state index contributed by atoms with van der Waals surface area (Å²) in [5.41, 5.74) is 1.44. The van der Waals surface area contributed by atoms with Gasteiger partial charge in [0.05, 0.1) is 0 Å². The van der Waals surface area contributed by atoms with Crippen LogP contribution in [0.1, 0.15) is 32.8 Å². The fraction of sp³-hybridized carbons (Fsp3) is 0.333. The summed E-state index contributed by atoms with van der Waals surface area (Å²) in [4.78, 5) is 22.1. The van der Waals surface area contributed by atoms with Gasteiger partial charge in [0.1, 0.15) is 0 Å². The summed E-state index contributed by atoms with van der Waals surface area (Å²) in [6.07, 6.45) is 3.03. The molecular formula is C15H19NO3. The summed E-state index contributed by atoms with van der Waals surface area (Å²) in [5.74, 6) is -1.01. The van der Waals surface area contributed by atoms with Crippen molar-refractivity contribution in [1.29, 1.82) is 0 Å². The van der Waals surface area contributed by atoms with Crippen molar-refractivity contribution in [3.63, 3.8) is 0 Å². The predicted molar refractivity (Wildman–Crippen MR) is 75.8 cm³/mol. The highest BCUT2D eigenvalue weighted by molar-refractivity contribution is 5.91. The Kier molecular flexibility index (Phi) is 4.87. The molecule has 0 heterocycles. The van der Waals surface area contributed by atoms with E-state index >= 15 is 0 Å². The molecule has 0 saturated heterocycles. The highest BCUT2D eigenvalue weighted by atomic mass is 16.4. The summed E-state index contributed by atoms with van der Waals surface area (Å²) in [6, 6.07) is 7.02. The van der Waals surface area contributed by atoms with Gasteiger partial charge in [-0.2, -0.15) is 0 Å². The number of rotatable bonds is 4. The number of hydrogen-bond acceptors (Lipinski definition) is 2. The molecular weight excluding hydrogens is 242 g/mol. The monoisotopic (exact) mass is 261 g/mol. The highest BCUT2D eigenvalue weighted by Crippen LogP contribution is 2.19. The molecule has 0 spiro atoms. The van der Waals surface area contributed by atoms with Crippen LogP contribution in [0.4, 0.5) is 5.69 Å². The Morgan fingerprint density at radius 3 is 2.26 bits per heavy atom. The molecule has 0 radical (unpaired) electrons. The van der Waals surface area contributed by atoms with Gasteiger partial charge in [0.15, 0.2) is 0 Å². The van der Waals surface area contributed by atoms with Crippen LogP contribution in [0, 0.1) is 5.41 Å². The standard InChI is InChI=1S/C15H19NO3/c1-15(2,3)10-13(17)16-12-7-4-11(5-8-12)6-9-14(18)19/h4-9H,10H2,1-3H3,(H,16,17)(H,18,19)/b9-6+. The van der Waals surface area contributed by atoms with Gasteiger partial charge in [0, 0.05) is 18.2 Å². The van der Waals surface area contributed by atoms with E-state index in [9.17, 15) is 9.59 Å².